The Bertz CT molecular complexity index is 406. The monoisotopic (exact) mass is 294 g/mol. The highest BCUT2D eigenvalue weighted by molar-refractivity contribution is 8.13. The maximum absolute atomic E-state index is 10.7. The first-order valence-corrected chi connectivity index (χ1v) is 6.57. The van der Waals surface area contributed by atoms with E-state index in [0.29, 0.717) is 20.8 Å². The van der Waals surface area contributed by atoms with E-state index in [1.807, 2.05) is 6.08 Å². The Labute approximate surface area is 114 Å². The van der Waals surface area contributed by atoms with E-state index in [0.717, 1.165) is 5.56 Å². The molecule has 0 saturated heterocycles. The summed E-state index contributed by atoms with van der Waals surface area (Å²) >= 11 is 19.0. The quantitative estimate of drug-likeness (QED) is 0.785. The van der Waals surface area contributed by atoms with Gasteiger partial charge in [-0.1, -0.05) is 58.7 Å². The Kier molecular flexibility index (Phi) is 5.70. The average Bonchev–Trinajstić information content (AvgIpc) is 2.14. The van der Waals surface area contributed by atoms with Gasteiger partial charge in [-0.15, -0.1) is 0 Å². The van der Waals surface area contributed by atoms with Crippen molar-refractivity contribution in [2.45, 2.75) is 6.92 Å². The van der Waals surface area contributed by atoms with Crippen molar-refractivity contribution >= 4 is 57.8 Å². The number of rotatable bonds is 3. The second-order valence-electron chi connectivity index (χ2n) is 2.99. The number of thioether (sulfide) groups is 1. The fourth-order valence-corrected chi connectivity index (χ4v) is 2.41. The van der Waals surface area contributed by atoms with Gasteiger partial charge in [-0.25, -0.2) is 0 Å². The third kappa shape index (κ3) is 4.38. The molecular formula is C11H9Cl3OS. The lowest BCUT2D eigenvalue weighted by Crippen LogP contribution is -1.83. The molecule has 1 aromatic rings. The normalized spacial score (nSPS) is 11.0. The van der Waals surface area contributed by atoms with Gasteiger partial charge in [-0.3, -0.25) is 4.79 Å². The summed E-state index contributed by atoms with van der Waals surface area (Å²) < 4.78 is 0. The zero-order valence-electron chi connectivity index (χ0n) is 8.47. The van der Waals surface area contributed by atoms with E-state index in [9.17, 15) is 4.79 Å². The molecule has 0 N–H and O–H groups in total. The van der Waals surface area contributed by atoms with Gasteiger partial charge < -0.3 is 0 Å². The minimum absolute atomic E-state index is 0.0814. The van der Waals surface area contributed by atoms with E-state index >= 15 is 0 Å². The van der Waals surface area contributed by atoms with Crippen molar-refractivity contribution in [1.82, 2.24) is 0 Å². The molecule has 0 unspecified atom stereocenters. The van der Waals surface area contributed by atoms with Crippen LogP contribution >= 0.6 is 46.6 Å². The van der Waals surface area contributed by atoms with Crippen LogP contribution in [0.15, 0.2) is 18.2 Å². The molecule has 0 fully saturated rings. The van der Waals surface area contributed by atoms with E-state index < -0.39 is 0 Å². The summed E-state index contributed by atoms with van der Waals surface area (Å²) in [5, 5.41) is 1.59. The fraction of sp³-hybridized carbons (Fsp3) is 0.182. The Morgan fingerprint density at radius 1 is 1.31 bits per heavy atom. The maximum Gasteiger partial charge on any atom is 0.186 e. The summed E-state index contributed by atoms with van der Waals surface area (Å²) in [6.45, 7) is 1.53. The predicted molar refractivity (Wildman–Crippen MR) is 73.6 cm³/mol. The van der Waals surface area contributed by atoms with Gasteiger partial charge in [0.1, 0.15) is 0 Å². The number of hydrogen-bond donors (Lipinski definition) is 0. The van der Waals surface area contributed by atoms with Gasteiger partial charge in [0.15, 0.2) is 5.12 Å². The highest BCUT2D eigenvalue weighted by Crippen LogP contribution is 2.30. The first-order valence-electron chi connectivity index (χ1n) is 4.45. The fourth-order valence-electron chi connectivity index (χ4n) is 1.04. The topological polar surface area (TPSA) is 17.1 Å². The molecule has 0 aliphatic heterocycles. The number of hydrogen-bond acceptors (Lipinski definition) is 2. The molecule has 0 amide bonds. The van der Waals surface area contributed by atoms with Crippen LogP contribution in [0.3, 0.4) is 0 Å². The van der Waals surface area contributed by atoms with Crippen molar-refractivity contribution in [3.63, 3.8) is 0 Å². The number of carbonyl (C=O) groups excluding carboxylic acids is 1. The van der Waals surface area contributed by atoms with Crippen LogP contribution in [0, 0.1) is 0 Å². The zero-order valence-corrected chi connectivity index (χ0v) is 11.6. The lowest BCUT2D eigenvalue weighted by Gasteiger charge is -2.02. The van der Waals surface area contributed by atoms with E-state index in [2.05, 4.69) is 0 Å². The smallest absolute Gasteiger partial charge is 0.186 e. The van der Waals surface area contributed by atoms with E-state index in [1.54, 1.807) is 18.2 Å². The standard InChI is InChI=1S/C11H9Cl3OS/c1-7(15)16-4-2-3-9-10(13)5-8(12)6-11(9)14/h2-3,5-6H,4H2,1H3. The molecule has 0 heterocycles. The maximum atomic E-state index is 10.7. The van der Waals surface area contributed by atoms with Crippen molar-refractivity contribution < 1.29 is 4.79 Å². The average molecular weight is 296 g/mol. The van der Waals surface area contributed by atoms with Gasteiger partial charge >= 0.3 is 0 Å². The van der Waals surface area contributed by atoms with Gasteiger partial charge in [-0.05, 0) is 12.1 Å². The molecular weight excluding hydrogens is 287 g/mol. The molecule has 0 spiro atoms. The Hall–Kier alpha value is -0.150. The van der Waals surface area contributed by atoms with Crippen LogP contribution in [0.25, 0.3) is 6.08 Å². The molecule has 0 aliphatic rings. The molecule has 0 bridgehead atoms. The van der Waals surface area contributed by atoms with Crippen molar-refractivity contribution in [3.8, 4) is 0 Å². The molecule has 1 rings (SSSR count). The van der Waals surface area contributed by atoms with Crippen molar-refractivity contribution in [1.29, 1.82) is 0 Å². The van der Waals surface area contributed by atoms with Gasteiger partial charge in [-0.2, -0.15) is 0 Å². The summed E-state index contributed by atoms with van der Waals surface area (Å²) in [5.74, 6) is 0.602. The van der Waals surface area contributed by atoms with Crippen LogP contribution in [0.2, 0.25) is 15.1 Å². The predicted octanol–water partition coefficient (Wildman–Crippen LogP) is 4.94. The van der Waals surface area contributed by atoms with Crippen molar-refractivity contribution in [2.24, 2.45) is 0 Å². The van der Waals surface area contributed by atoms with Crippen LogP contribution < -0.4 is 0 Å². The highest BCUT2D eigenvalue weighted by Gasteiger charge is 2.04. The third-order valence-electron chi connectivity index (χ3n) is 1.71. The highest BCUT2D eigenvalue weighted by atomic mass is 35.5. The Morgan fingerprint density at radius 2 is 1.88 bits per heavy atom. The lowest BCUT2D eigenvalue weighted by atomic mass is 10.2. The molecule has 0 radical (unpaired) electrons. The zero-order chi connectivity index (χ0) is 12.1. The van der Waals surface area contributed by atoms with Gasteiger partial charge in [0, 0.05) is 23.3 Å². The van der Waals surface area contributed by atoms with E-state index in [1.165, 1.54) is 18.7 Å². The third-order valence-corrected chi connectivity index (χ3v) is 3.32. The van der Waals surface area contributed by atoms with Gasteiger partial charge in [0.2, 0.25) is 0 Å². The molecule has 16 heavy (non-hydrogen) atoms. The first-order chi connectivity index (χ1) is 7.50. The Balaban J connectivity index is 2.77. The molecule has 5 heteroatoms. The molecule has 86 valence electrons. The van der Waals surface area contributed by atoms with Crippen molar-refractivity contribution in [3.05, 3.63) is 38.8 Å². The summed E-state index contributed by atoms with van der Waals surface area (Å²) in [6, 6.07) is 3.26. The van der Waals surface area contributed by atoms with Crippen LogP contribution in [0.4, 0.5) is 0 Å². The van der Waals surface area contributed by atoms with Crippen LogP contribution in [0.1, 0.15) is 12.5 Å². The lowest BCUT2D eigenvalue weighted by molar-refractivity contribution is -0.109. The number of benzene rings is 1. The second kappa shape index (κ2) is 6.55. The second-order valence-corrected chi connectivity index (χ2v) is 5.44. The SMILES string of the molecule is CC(=O)SCC=Cc1c(Cl)cc(Cl)cc1Cl. The van der Waals surface area contributed by atoms with Crippen molar-refractivity contribution in [2.75, 3.05) is 5.75 Å². The molecule has 1 aromatic carbocycles. The summed E-state index contributed by atoms with van der Waals surface area (Å²) in [4.78, 5) is 10.7. The largest absolute Gasteiger partial charge is 0.288 e. The Morgan fingerprint density at radius 3 is 2.38 bits per heavy atom. The van der Waals surface area contributed by atoms with E-state index in [-0.39, 0.29) is 5.12 Å². The summed E-state index contributed by atoms with van der Waals surface area (Å²) in [7, 11) is 0. The van der Waals surface area contributed by atoms with Crippen LogP contribution in [-0.4, -0.2) is 10.9 Å². The number of carbonyl (C=O) groups is 1. The molecule has 0 aliphatic carbocycles. The molecule has 0 atom stereocenters. The number of halogens is 3. The van der Waals surface area contributed by atoms with Crippen LogP contribution in [-0.2, 0) is 4.79 Å². The molecule has 1 nitrogen and oxygen atoms in total. The van der Waals surface area contributed by atoms with E-state index in [4.69, 9.17) is 34.8 Å². The summed E-state index contributed by atoms with van der Waals surface area (Å²) in [6.07, 6.45) is 3.63. The van der Waals surface area contributed by atoms with Crippen LogP contribution in [0.5, 0.6) is 0 Å². The molecule has 0 saturated carbocycles. The minimum Gasteiger partial charge on any atom is -0.288 e. The first kappa shape index (κ1) is 13.9. The van der Waals surface area contributed by atoms with Gasteiger partial charge in [0.05, 0.1) is 10.0 Å². The van der Waals surface area contributed by atoms with Gasteiger partial charge in [0.25, 0.3) is 0 Å². The molecule has 0 aromatic heterocycles. The summed E-state index contributed by atoms with van der Waals surface area (Å²) in [5.41, 5.74) is 0.719. The minimum atomic E-state index is 0.0814.